The summed E-state index contributed by atoms with van der Waals surface area (Å²) in [6.45, 7) is 0.525. The topological polar surface area (TPSA) is 109 Å². The second-order valence-corrected chi connectivity index (χ2v) is 8.54. The molecule has 0 spiro atoms. The van der Waals surface area contributed by atoms with Crippen LogP contribution in [0.2, 0.25) is 0 Å². The van der Waals surface area contributed by atoms with Gasteiger partial charge in [-0.3, -0.25) is 9.89 Å². The number of nitrogens with zero attached hydrogens (tertiary/aromatic N) is 2. The number of ether oxygens (including phenoxy) is 1. The average Bonchev–Trinajstić information content (AvgIpc) is 3.39. The Hall–Kier alpha value is -2.63. The number of carbonyl (C=O) groups excluding carboxylic acids is 2. The molecular formula is C18H22F3N5O3S. The van der Waals surface area contributed by atoms with E-state index in [1.165, 1.54) is 11.3 Å². The van der Waals surface area contributed by atoms with Crippen LogP contribution in [0, 0.1) is 12.8 Å². The number of aromatic nitrogens is 3. The highest BCUT2D eigenvalue weighted by atomic mass is 32.1. The average molecular weight is 445 g/mol. The summed E-state index contributed by atoms with van der Waals surface area (Å²) in [5.41, 5.74) is 0.864. The number of aromatic amines is 1. The molecule has 3 rings (SSSR count). The number of hydrogen-bond donors (Lipinski definition) is 3. The number of alkyl halides is 3. The van der Waals surface area contributed by atoms with Gasteiger partial charge in [-0.1, -0.05) is 0 Å². The van der Waals surface area contributed by atoms with E-state index in [0.29, 0.717) is 12.2 Å². The lowest BCUT2D eigenvalue weighted by Gasteiger charge is -2.12. The zero-order valence-corrected chi connectivity index (χ0v) is 17.0. The summed E-state index contributed by atoms with van der Waals surface area (Å²) >= 11 is 1.47. The number of amides is 2. The Kier molecular flexibility index (Phi) is 6.95. The Labute approximate surface area is 174 Å². The maximum atomic E-state index is 12.1. The molecule has 12 heteroatoms. The number of H-pyrrole nitrogens is 1. The SMILES string of the molecule is Cc1ncc(CC(=O)Nc2cc([C@H]3CCC(COC(=O)NCC(F)(F)F)C3)[nH]n2)s1. The molecule has 2 atom stereocenters. The third kappa shape index (κ3) is 6.71. The van der Waals surface area contributed by atoms with Gasteiger partial charge in [0.2, 0.25) is 5.91 Å². The maximum absolute atomic E-state index is 12.1. The minimum absolute atomic E-state index is 0.0579. The van der Waals surface area contributed by atoms with Crippen molar-refractivity contribution in [2.75, 3.05) is 18.5 Å². The number of alkyl carbamates (subject to hydrolysis) is 1. The van der Waals surface area contributed by atoms with Crippen molar-refractivity contribution in [3.63, 3.8) is 0 Å². The second-order valence-electron chi connectivity index (χ2n) is 7.22. The highest BCUT2D eigenvalue weighted by Gasteiger charge is 2.30. The molecule has 0 bridgehead atoms. The molecule has 2 aromatic heterocycles. The molecule has 3 N–H and O–H groups in total. The monoisotopic (exact) mass is 445 g/mol. The zero-order chi connectivity index (χ0) is 21.7. The lowest BCUT2D eigenvalue weighted by Crippen LogP contribution is -2.34. The molecule has 1 saturated carbocycles. The quantitative estimate of drug-likeness (QED) is 0.604. The number of anilines is 1. The van der Waals surface area contributed by atoms with Gasteiger partial charge in [0, 0.05) is 28.8 Å². The number of aryl methyl sites for hydroxylation is 1. The fourth-order valence-electron chi connectivity index (χ4n) is 3.37. The molecule has 1 fully saturated rings. The van der Waals surface area contributed by atoms with E-state index in [4.69, 9.17) is 4.74 Å². The van der Waals surface area contributed by atoms with E-state index in [2.05, 4.69) is 20.5 Å². The first-order chi connectivity index (χ1) is 14.2. The summed E-state index contributed by atoms with van der Waals surface area (Å²) < 4.78 is 41.1. The van der Waals surface area contributed by atoms with Gasteiger partial charge in [-0.15, -0.1) is 11.3 Å². The number of carbonyl (C=O) groups is 2. The highest BCUT2D eigenvalue weighted by molar-refractivity contribution is 7.11. The lowest BCUT2D eigenvalue weighted by molar-refractivity contribution is -0.123. The molecule has 2 heterocycles. The van der Waals surface area contributed by atoms with Crippen LogP contribution < -0.4 is 10.6 Å². The summed E-state index contributed by atoms with van der Waals surface area (Å²) in [6.07, 6.45) is -1.31. The molecule has 0 saturated heterocycles. The highest BCUT2D eigenvalue weighted by Crippen LogP contribution is 2.38. The Morgan fingerprint density at radius 3 is 2.87 bits per heavy atom. The van der Waals surface area contributed by atoms with E-state index in [1.54, 1.807) is 17.6 Å². The third-order valence-electron chi connectivity index (χ3n) is 4.73. The molecule has 1 unspecified atom stereocenters. The van der Waals surface area contributed by atoms with E-state index >= 15 is 0 Å². The Morgan fingerprint density at radius 2 is 2.17 bits per heavy atom. The van der Waals surface area contributed by atoms with Gasteiger partial charge in [-0.05, 0) is 32.1 Å². The molecule has 2 amide bonds. The molecule has 1 aliphatic carbocycles. The van der Waals surface area contributed by atoms with Crippen LogP contribution in [-0.2, 0) is 16.0 Å². The van der Waals surface area contributed by atoms with Crippen LogP contribution in [0.15, 0.2) is 12.3 Å². The molecular weight excluding hydrogens is 423 g/mol. The van der Waals surface area contributed by atoms with Gasteiger partial charge >= 0.3 is 12.3 Å². The fourth-order valence-corrected chi connectivity index (χ4v) is 4.16. The van der Waals surface area contributed by atoms with Gasteiger partial charge < -0.3 is 15.4 Å². The molecule has 1 aliphatic rings. The van der Waals surface area contributed by atoms with Gasteiger partial charge in [0.1, 0.15) is 6.54 Å². The summed E-state index contributed by atoms with van der Waals surface area (Å²) in [5.74, 6) is 0.461. The van der Waals surface area contributed by atoms with Gasteiger partial charge in [-0.25, -0.2) is 9.78 Å². The summed E-state index contributed by atoms with van der Waals surface area (Å²) in [5, 5.41) is 12.4. The van der Waals surface area contributed by atoms with Gasteiger partial charge in [0.15, 0.2) is 5.82 Å². The normalized spacial score (nSPS) is 18.9. The van der Waals surface area contributed by atoms with Crippen LogP contribution in [0.5, 0.6) is 0 Å². The zero-order valence-electron chi connectivity index (χ0n) is 16.2. The number of hydrogen-bond acceptors (Lipinski definition) is 6. The Morgan fingerprint density at radius 1 is 1.37 bits per heavy atom. The Bertz CT molecular complexity index is 883. The van der Waals surface area contributed by atoms with Crippen molar-refractivity contribution in [3.05, 3.63) is 27.8 Å². The predicted octanol–water partition coefficient (Wildman–Crippen LogP) is 3.53. The van der Waals surface area contributed by atoms with Gasteiger partial charge in [-0.2, -0.15) is 18.3 Å². The number of halogens is 3. The number of thiazole rings is 1. The van der Waals surface area contributed by atoms with Crippen molar-refractivity contribution in [1.82, 2.24) is 20.5 Å². The number of nitrogens with one attached hydrogen (secondary N) is 3. The minimum Gasteiger partial charge on any atom is -0.449 e. The van der Waals surface area contributed by atoms with Crippen LogP contribution in [0.4, 0.5) is 23.8 Å². The fraction of sp³-hybridized carbons (Fsp3) is 0.556. The molecule has 30 heavy (non-hydrogen) atoms. The molecule has 0 radical (unpaired) electrons. The number of rotatable bonds is 7. The standard InChI is InChI=1S/C18H22F3N5O3S/c1-10-22-7-13(30-10)5-16(27)24-15-6-14(25-26-15)12-3-2-11(4-12)8-29-17(28)23-9-18(19,20)21/h6-7,11-12H,2-5,8-9H2,1H3,(H,23,28)(H2,24,25,26,27)/t11?,12-/m0/s1. The van der Waals surface area contributed by atoms with E-state index < -0.39 is 18.8 Å². The van der Waals surface area contributed by atoms with Gasteiger partial charge in [0.25, 0.3) is 0 Å². The van der Waals surface area contributed by atoms with Crippen molar-refractivity contribution < 1.29 is 27.5 Å². The first-order valence-electron chi connectivity index (χ1n) is 9.42. The van der Waals surface area contributed by atoms with E-state index in [1.807, 2.05) is 6.92 Å². The van der Waals surface area contributed by atoms with Crippen molar-refractivity contribution in [2.24, 2.45) is 5.92 Å². The van der Waals surface area contributed by atoms with Crippen LogP contribution in [0.1, 0.15) is 40.8 Å². The molecule has 0 aliphatic heterocycles. The van der Waals surface area contributed by atoms with Crippen molar-refractivity contribution in [2.45, 2.75) is 44.7 Å². The predicted molar refractivity (Wildman–Crippen MR) is 103 cm³/mol. The van der Waals surface area contributed by atoms with E-state index in [9.17, 15) is 22.8 Å². The first kappa shape index (κ1) is 22.1. The van der Waals surface area contributed by atoms with Crippen LogP contribution in [-0.4, -0.2) is 46.5 Å². The second kappa shape index (κ2) is 9.45. The lowest BCUT2D eigenvalue weighted by atomic mass is 10.0. The van der Waals surface area contributed by atoms with Crippen molar-refractivity contribution in [1.29, 1.82) is 0 Å². The van der Waals surface area contributed by atoms with Crippen molar-refractivity contribution in [3.8, 4) is 0 Å². The van der Waals surface area contributed by atoms with Crippen LogP contribution in [0.25, 0.3) is 0 Å². The third-order valence-corrected chi connectivity index (χ3v) is 5.65. The molecule has 164 valence electrons. The van der Waals surface area contributed by atoms with Crippen LogP contribution >= 0.6 is 11.3 Å². The molecule has 2 aromatic rings. The van der Waals surface area contributed by atoms with Crippen LogP contribution in [0.3, 0.4) is 0 Å². The first-order valence-corrected chi connectivity index (χ1v) is 10.2. The van der Waals surface area contributed by atoms with Crippen molar-refractivity contribution >= 4 is 29.2 Å². The minimum atomic E-state index is -4.47. The largest absolute Gasteiger partial charge is 0.449 e. The maximum Gasteiger partial charge on any atom is 0.407 e. The summed E-state index contributed by atoms with van der Waals surface area (Å²) in [4.78, 5) is 28.5. The van der Waals surface area contributed by atoms with E-state index in [-0.39, 0.29) is 30.8 Å². The van der Waals surface area contributed by atoms with E-state index in [0.717, 1.165) is 28.4 Å². The summed E-state index contributed by atoms with van der Waals surface area (Å²) in [7, 11) is 0. The Balaban J connectivity index is 1.41. The summed E-state index contributed by atoms with van der Waals surface area (Å²) in [6, 6.07) is 1.78. The smallest absolute Gasteiger partial charge is 0.407 e. The molecule has 8 nitrogen and oxygen atoms in total. The van der Waals surface area contributed by atoms with Gasteiger partial charge in [0.05, 0.1) is 18.0 Å². The molecule has 0 aromatic carbocycles.